The summed E-state index contributed by atoms with van der Waals surface area (Å²) in [5, 5.41) is 0. The molecular formula is C21H24FN3O3. The second-order valence-electron chi connectivity index (χ2n) is 7.33. The Morgan fingerprint density at radius 1 is 1.00 bits per heavy atom. The Morgan fingerprint density at radius 3 is 2.39 bits per heavy atom. The first-order chi connectivity index (χ1) is 13.6. The zero-order valence-electron chi connectivity index (χ0n) is 15.7. The van der Waals surface area contributed by atoms with Crippen LogP contribution < -0.4 is 0 Å². The second kappa shape index (κ2) is 8.14. The molecule has 2 amide bonds. The molecule has 0 bridgehead atoms. The van der Waals surface area contributed by atoms with E-state index >= 15 is 0 Å². The van der Waals surface area contributed by atoms with E-state index < -0.39 is 0 Å². The van der Waals surface area contributed by atoms with Gasteiger partial charge in [-0.2, -0.15) is 0 Å². The van der Waals surface area contributed by atoms with Crippen LogP contribution in [0.15, 0.2) is 47.1 Å². The van der Waals surface area contributed by atoms with Gasteiger partial charge in [-0.05, 0) is 49.2 Å². The number of furan rings is 1. The smallest absolute Gasteiger partial charge is 0.289 e. The van der Waals surface area contributed by atoms with E-state index in [1.807, 2.05) is 17.0 Å². The first kappa shape index (κ1) is 18.7. The summed E-state index contributed by atoms with van der Waals surface area (Å²) < 4.78 is 18.4. The van der Waals surface area contributed by atoms with Crippen LogP contribution in [0, 0.1) is 5.82 Å². The molecule has 3 heterocycles. The minimum absolute atomic E-state index is 0.0825. The van der Waals surface area contributed by atoms with Crippen molar-refractivity contribution in [2.24, 2.45) is 0 Å². The van der Waals surface area contributed by atoms with Crippen molar-refractivity contribution in [1.29, 1.82) is 0 Å². The monoisotopic (exact) mass is 385 g/mol. The Bertz CT molecular complexity index is 814. The number of carbonyl (C=O) groups is 2. The molecule has 0 aliphatic carbocycles. The van der Waals surface area contributed by atoms with Gasteiger partial charge in [0.05, 0.1) is 12.8 Å². The molecule has 2 aliphatic rings. The molecule has 0 N–H and O–H groups in total. The van der Waals surface area contributed by atoms with Gasteiger partial charge >= 0.3 is 0 Å². The van der Waals surface area contributed by atoms with E-state index in [1.54, 1.807) is 17.0 Å². The molecule has 0 spiro atoms. The first-order valence-corrected chi connectivity index (χ1v) is 9.72. The van der Waals surface area contributed by atoms with Gasteiger partial charge in [-0.3, -0.25) is 14.5 Å². The van der Waals surface area contributed by atoms with E-state index in [1.165, 1.54) is 18.4 Å². The largest absolute Gasteiger partial charge is 0.459 e. The third kappa shape index (κ3) is 3.94. The summed E-state index contributed by atoms with van der Waals surface area (Å²) in [6.45, 7) is 3.29. The molecule has 4 rings (SSSR count). The maximum atomic E-state index is 13.2. The molecule has 1 atom stereocenters. The lowest BCUT2D eigenvalue weighted by atomic mass is 10.0. The van der Waals surface area contributed by atoms with E-state index in [9.17, 15) is 14.0 Å². The standard InChI is InChI=1S/C21H24FN3O3/c22-17-7-5-16(6-8-17)18-3-1-9-25(18)15-20(26)23-10-12-24(13-11-23)21(27)19-4-2-14-28-19/h2,4-8,14,18H,1,3,9-13,15H2. The highest BCUT2D eigenvalue weighted by Gasteiger charge is 2.31. The van der Waals surface area contributed by atoms with E-state index in [4.69, 9.17) is 4.42 Å². The lowest BCUT2D eigenvalue weighted by Crippen LogP contribution is -2.52. The number of halogens is 1. The first-order valence-electron chi connectivity index (χ1n) is 9.72. The van der Waals surface area contributed by atoms with Crippen molar-refractivity contribution in [2.75, 3.05) is 39.3 Å². The zero-order valence-corrected chi connectivity index (χ0v) is 15.7. The minimum atomic E-state index is -0.244. The van der Waals surface area contributed by atoms with Gasteiger partial charge < -0.3 is 14.2 Å². The fraction of sp³-hybridized carbons (Fsp3) is 0.429. The molecule has 6 nitrogen and oxygen atoms in total. The van der Waals surface area contributed by atoms with Crippen molar-refractivity contribution < 1.29 is 18.4 Å². The van der Waals surface area contributed by atoms with Gasteiger partial charge in [0, 0.05) is 32.2 Å². The van der Waals surface area contributed by atoms with E-state index in [2.05, 4.69) is 4.90 Å². The van der Waals surface area contributed by atoms with E-state index in [-0.39, 0.29) is 23.7 Å². The number of nitrogens with zero attached hydrogens (tertiary/aromatic N) is 3. The van der Waals surface area contributed by atoms with Gasteiger partial charge in [0.2, 0.25) is 5.91 Å². The highest BCUT2D eigenvalue weighted by molar-refractivity contribution is 5.91. The topological polar surface area (TPSA) is 57.0 Å². The highest BCUT2D eigenvalue weighted by atomic mass is 19.1. The van der Waals surface area contributed by atoms with Crippen LogP contribution in [0.25, 0.3) is 0 Å². The van der Waals surface area contributed by atoms with E-state index in [0.29, 0.717) is 38.5 Å². The Balaban J connectivity index is 1.31. The van der Waals surface area contributed by atoms with Crippen LogP contribution in [0.1, 0.15) is 35.0 Å². The number of rotatable bonds is 4. The van der Waals surface area contributed by atoms with Gasteiger partial charge in [0.15, 0.2) is 5.76 Å². The third-order valence-corrected chi connectivity index (χ3v) is 5.61. The van der Waals surface area contributed by atoms with Crippen molar-refractivity contribution in [2.45, 2.75) is 18.9 Å². The Hall–Kier alpha value is -2.67. The van der Waals surface area contributed by atoms with Crippen LogP contribution in [0.5, 0.6) is 0 Å². The molecular weight excluding hydrogens is 361 g/mol. The molecule has 2 saturated heterocycles. The maximum Gasteiger partial charge on any atom is 0.289 e. The Labute approximate surface area is 163 Å². The molecule has 1 aromatic heterocycles. The SMILES string of the molecule is O=C(CN1CCCC1c1ccc(F)cc1)N1CCN(C(=O)c2ccco2)CC1. The summed E-state index contributed by atoms with van der Waals surface area (Å²) in [4.78, 5) is 30.9. The number of amides is 2. The highest BCUT2D eigenvalue weighted by Crippen LogP contribution is 2.31. The summed E-state index contributed by atoms with van der Waals surface area (Å²) in [6.07, 6.45) is 3.49. The number of hydrogen-bond acceptors (Lipinski definition) is 4. The maximum absolute atomic E-state index is 13.2. The van der Waals surface area contributed by atoms with Crippen LogP contribution in [0.2, 0.25) is 0 Å². The molecule has 0 radical (unpaired) electrons. The van der Waals surface area contributed by atoms with Crippen LogP contribution in [-0.2, 0) is 4.79 Å². The van der Waals surface area contributed by atoms with Gasteiger partial charge in [0.25, 0.3) is 5.91 Å². The molecule has 2 fully saturated rings. The third-order valence-electron chi connectivity index (χ3n) is 5.61. The number of hydrogen-bond donors (Lipinski definition) is 0. The summed E-state index contributed by atoms with van der Waals surface area (Å²) in [7, 11) is 0. The Kier molecular flexibility index (Phi) is 5.43. The summed E-state index contributed by atoms with van der Waals surface area (Å²) in [6, 6.07) is 10.1. The normalized spacial score (nSPS) is 20.5. The lowest BCUT2D eigenvalue weighted by Gasteiger charge is -2.35. The average Bonchev–Trinajstić information content (AvgIpc) is 3.40. The number of benzene rings is 1. The molecule has 28 heavy (non-hydrogen) atoms. The zero-order chi connectivity index (χ0) is 19.5. The van der Waals surface area contributed by atoms with Gasteiger partial charge in [-0.15, -0.1) is 0 Å². The molecule has 0 saturated carbocycles. The van der Waals surface area contributed by atoms with Crippen LogP contribution >= 0.6 is 0 Å². The van der Waals surface area contributed by atoms with Crippen LogP contribution in [0.3, 0.4) is 0 Å². The van der Waals surface area contributed by atoms with Crippen molar-refractivity contribution >= 4 is 11.8 Å². The fourth-order valence-electron chi connectivity index (χ4n) is 4.07. The number of likely N-dealkylation sites (tertiary alicyclic amines) is 1. The molecule has 148 valence electrons. The van der Waals surface area contributed by atoms with Crippen molar-refractivity contribution in [1.82, 2.24) is 14.7 Å². The molecule has 1 unspecified atom stereocenters. The number of carbonyl (C=O) groups excluding carboxylic acids is 2. The molecule has 1 aromatic carbocycles. The van der Waals surface area contributed by atoms with Crippen molar-refractivity contribution in [3.63, 3.8) is 0 Å². The second-order valence-corrected chi connectivity index (χ2v) is 7.33. The average molecular weight is 385 g/mol. The quantitative estimate of drug-likeness (QED) is 0.812. The molecule has 2 aliphatic heterocycles. The predicted molar refractivity (Wildman–Crippen MR) is 101 cm³/mol. The lowest BCUT2D eigenvalue weighted by molar-refractivity contribution is -0.134. The summed E-state index contributed by atoms with van der Waals surface area (Å²) >= 11 is 0. The Morgan fingerprint density at radius 2 is 1.71 bits per heavy atom. The molecule has 7 heteroatoms. The van der Waals surface area contributed by atoms with Gasteiger partial charge in [-0.1, -0.05) is 12.1 Å². The fourth-order valence-corrected chi connectivity index (χ4v) is 4.07. The van der Waals surface area contributed by atoms with Crippen LogP contribution in [0.4, 0.5) is 4.39 Å². The van der Waals surface area contributed by atoms with Crippen molar-refractivity contribution in [3.8, 4) is 0 Å². The summed E-state index contributed by atoms with van der Waals surface area (Å²) in [5.74, 6) is 0.0393. The minimum Gasteiger partial charge on any atom is -0.459 e. The number of piperazine rings is 1. The van der Waals surface area contributed by atoms with Crippen LogP contribution in [-0.4, -0.2) is 65.8 Å². The molecule has 2 aromatic rings. The van der Waals surface area contributed by atoms with Gasteiger partial charge in [0.1, 0.15) is 5.82 Å². The predicted octanol–water partition coefficient (Wildman–Crippen LogP) is 2.54. The van der Waals surface area contributed by atoms with Crippen molar-refractivity contribution in [3.05, 3.63) is 59.8 Å². The summed E-state index contributed by atoms with van der Waals surface area (Å²) in [5.41, 5.74) is 1.06. The van der Waals surface area contributed by atoms with Gasteiger partial charge in [-0.25, -0.2) is 4.39 Å². The van der Waals surface area contributed by atoms with E-state index in [0.717, 1.165) is 24.9 Å².